The third kappa shape index (κ3) is 4.61. The monoisotopic (exact) mass is 320 g/mol. The van der Waals surface area contributed by atoms with E-state index in [1.807, 2.05) is 0 Å². The molecule has 23 heavy (non-hydrogen) atoms. The van der Waals surface area contributed by atoms with Crippen molar-refractivity contribution in [2.24, 2.45) is 5.41 Å². The zero-order valence-corrected chi connectivity index (χ0v) is 13.9. The van der Waals surface area contributed by atoms with Gasteiger partial charge < -0.3 is 19.5 Å². The Morgan fingerprint density at radius 1 is 1.17 bits per heavy atom. The van der Waals surface area contributed by atoms with Gasteiger partial charge in [-0.05, 0) is 0 Å². The number of carbonyl (C=O) groups excluding carboxylic acids is 2. The van der Waals surface area contributed by atoms with Crippen LogP contribution in [0.2, 0.25) is 0 Å². The van der Waals surface area contributed by atoms with Crippen molar-refractivity contribution in [2.75, 3.05) is 26.1 Å². The number of rotatable bonds is 5. The Morgan fingerprint density at radius 2 is 1.74 bits per heavy atom. The molecule has 0 spiro atoms. The molecule has 7 heteroatoms. The van der Waals surface area contributed by atoms with Crippen LogP contribution in [0.3, 0.4) is 0 Å². The van der Waals surface area contributed by atoms with E-state index in [1.165, 1.54) is 26.4 Å². The maximum atomic E-state index is 12.2. The topological polar surface area (TPSA) is 97.6 Å². The van der Waals surface area contributed by atoms with Gasteiger partial charge in [-0.15, -0.1) is 0 Å². The van der Waals surface area contributed by atoms with Crippen LogP contribution in [-0.2, 0) is 9.53 Å². The van der Waals surface area contributed by atoms with Crippen LogP contribution in [0.1, 0.15) is 31.1 Å². The summed E-state index contributed by atoms with van der Waals surface area (Å²) in [6.45, 7) is 4.85. The molecule has 0 aliphatic rings. The molecule has 1 N–H and O–H groups in total. The number of carbonyl (C=O) groups is 2. The molecule has 0 atom stereocenters. The fourth-order valence-corrected chi connectivity index (χ4v) is 1.64. The summed E-state index contributed by atoms with van der Waals surface area (Å²) in [6.07, 6.45) is 0. The SMILES string of the molecule is COc1cc(NC(=O)C(C)(C)C)c(C(=O)OCC#N)cc1OC. The van der Waals surface area contributed by atoms with Gasteiger partial charge in [-0.2, -0.15) is 5.26 Å². The molecule has 0 aliphatic carbocycles. The van der Waals surface area contributed by atoms with Gasteiger partial charge in [0.2, 0.25) is 5.91 Å². The fraction of sp³-hybridized carbons (Fsp3) is 0.438. The van der Waals surface area contributed by atoms with E-state index >= 15 is 0 Å². The Kier molecular flexibility index (Phi) is 5.96. The highest BCUT2D eigenvalue weighted by molar-refractivity contribution is 6.03. The minimum atomic E-state index is -0.739. The summed E-state index contributed by atoms with van der Waals surface area (Å²) in [7, 11) is 2.87. The predicted molar refractivity (Wildman–Crippen MR) is 83.5 cm³/mol. The van der Waals surface area contributed by atoms with Gasteiger partial charge in [0.15, 0.2) is 18.1 Å². The number of hydrogen-bond acceptors (Lipinski definition) is 6. The molecule has 0 radical (unpaired) electrons. The predicted octanol–water partition coefficient (Wildman–Crippen LogP) is 2.37. The van der Waals surface area contributed by atoms with Crippen molar-refractivity contribution in [1.29, 1.82) is 5.26 Å². The molecule has 0 unspecified atom stereocenters. The first-order valence-corrected chi connectivity index (χ1v) is 6.86. The molecule has 7 nitrogen and oxygen atoms in total. The van der Waals surface area contributed by atoms with Crippen molar-refractivity contribution in [2.45, 2.75) is 20.8 Å². The lowest BCUT2D eigenvalue weighted by atomic mass is 9.95. The minimum Gasteiger partial charge on any atom is -0.493 e. The number of esters is 1. The average molecular weight is 320 g/mol. The van der Waals surface area contributed by atoms with Crippen molar-refractivity contribution in [3.63, 3.8) is 0 Å². The number of hydrogen-bond donors (Lipinski definition) is 1. The van der Waals surface area contributed by atoms with E-state index in [0.717, 1.165) is 0 Å². The smallest absolute Gasteiger partial charge is 0.341 e. The van der Waals surface area contributed by atoms with Crippen molar-refractivity contribution in [1.82, 2.24) is 0 Å². The molecule has 0 saturated carbocycles. The van der Waals surface area contributed by atoms with Gasteiger partial charge in [0.05, 0.1) is 25.5 Å². The molecule has 0 aliphatic heterocycles. The van der Waals surface area contributed by atoms with Crippen LogP contribution in [0.5, 0.6) is 11.5 Å². The number of nitriles is 1. The molecular formula is C16H20N2O5. The molecule has 0 aromatic heterocycles. The van der Waals surface area contributed by atoms with Crippen LogP contribution in [0.25, 0.3) is 0 Å². The Balaban J connectivity index is 3.31. The van der Waals surface area contributed by atoms with Gasteiger partial charge in [0.1, 0.15) is 6.07 Å². The first-order chi connectivity index (χ1) is 10.7. The highest BCUT2D eigenvalue weighted by Gasteiger charge is 2.25. The Morgan fingerprint density at radius 3 is 2.22 bits per heavy atom. The van der Waals surface area contributed by atoms with Crippen LogP contribution < -0.4 is 14.8 Å². The second-order valence-corrected chi connectivity index (χ2v) is 5.69. The zero-order chi connectivity index (χ0) is 17.6. The van der Waals surface area contributed by atoms with E-state index in [0.29, 0.717) is 11.5 Å². The van der Waals surface area contributed by atoms with Crippen molar-refractivity contribution < 1.29 is 23.8 Å². The van der Waals surface area contributed by atoms with Gasteiger partial charge in [-0.25, -0.2) is 4.79 Å². The van der Waals surface area contributed by atoms with Crippen molar-refractivity contribution in [3.05, 3.63) is 17.7 Å². The molecular weight excluding hydrogens is 300 g/mol. The summed E-state index contributed by atoms with van der Waals surface area (Å²) in [6, 6.07) is 4.59. The summed E-state index contributed by atoms with van der Waals surface area (Å²) in [5, 5.41) is 11.2. The highest BCUT2D eigenvalue weighted by Crippen LogP contribution is 2.34. The molecule has 1 aromatic rings. The maximum absolute atomic E-state index is 12.2. The number of amides is 1. The second kappa shape index (κ2) is 7.49. The van der Waals surface area contributed by atoms with E-state index < -0.39 is 11.4 Å². The van der Waals surface area contributed by atoms with E-state index in [-0.39, 0.29) is 23.8 Å². The van der Waals surface area contributed by atoms with Crippen LogP contribution in [0, 0.1) is 16.7 Å². The Labute approximate surface area is 135 Å². The van der Waals surface area contributed by atoms with Gasteiger partial charge in [0.25, 0.3) is 0 Å². The van der Waals surface area contributed by atoms with Crippen LogP contribution in [-0.4, -0.2) is 32.7 Å². The van der Waals surface area contributed by atoms with Crippen LogP contribution >= 0.6 is 0 Å². The van der Waals surface area contributed by atoms with Gasteiger partial charge >= 0.3 is 5.97 Å². The molecule has 0 bridgehead atoms. The minimum absolute atomic E-state index is 0.0792. The van der Waals surface area contributed by atoms with Crippen molar-refractivity contribution >= 4 is 17.6 Å². The molecule has 124 valence electrons. The van der Waals surface area contributed by atoms with Gasteiger partial charge in [-0.1, -0.05) is 20.8 Å². The van der Waals surface area contributed by atoms with Gasteiger partial charge in [-0.3, -0.25) is 4.79 Å². The number of anilines is 1. The largest absolute Gasteiger partial charge is 0.493 e. The molecule has 0 heterocycles. The summed E-state index contributed by atoms with van der Waals surface area (Å²) in [5.74, 6) is -0.352. The van der Waals surface area contributed by atoms with Crippen molar-refractivity contribution in [3.8, 4) is 17.6 Å². The summed E-state index contributed by atoms with van der Waals surface area (Å²) in [4.78, 5) is 24.3. The Hall–Kier alpha value is -2.75. The van der Waals surface area contributed by atoms with Crippen LogP contribution in [0.15, 0.2) is 12.1 Å². The number of nitrogens with one attached hydrogen (secondary N) is 1. The summed E-state index contributed by atoms with van der Waals surface area (Å²) in [5.41, 5.74) is -0.345. The third-order valence-corrected chi connectivity index (χ3v) is 2.94. The quantitative estimate of drug-likeness (QED) is 0.836. The summed E-state index contributed by atoms with van der Waals surface area (Å²) < 4.78 is 15.1. The first-order valence-electron chi connectivity index (χ1n) is 6.86. The number of ether oxygens (including phenoxy) is 3. The summed E-state index contributed by atoms with van der Waals surface area (Å²) >= 11 is 0. The maximum Gasteiger partial charge on any atom is 0.341 e. The van der Waals surface area contributed by atoms with E-state index in [9.17, 15) is 9.59 Å². The average Bonchev–Trinajstić information content (AvgIpc) is 2.50. The third-order valence-electron chi connectivity index (χ3n) is 2.94. The van der Waals surface area contributed by atoms with E-state index in [4.69, 9.17) is 19.5 Å². The second-order valence-electron chi connectivity index (χ2n) is 5.69. The molecule has 0 fully saturated rings. The van der Waals surface area contributed by atoms with E-state index in [1.54, 1.807) is 26.8 Å². The normalized spacial score (nSPS) is 10.4. The molecule has 1 amide bonds. The van der Waals surface area contributed by atoms with Gasteiger partial charge in [0, 0.05) is 17.5 Å². The molecule has 0 saturated heterocycles. The molecule has 1 aromatic carbocycles. The lowest BCUT2D eigenvalue weighted by molar-refractivity contribution is -0.123. The lowest BCUT2D eigenvalue weighted by Crippen LogP contribution is -2.28. The number of benzene rings is 1. The fourth-order valence-electron chi connectivity index (χ4n) is 1.64. The Bertz CT molecular complexity index is 641. The van der Waals surface area contributed by atoms with E-state index in [2.05, 4.69) is 5.32 Å². The van der Waals surface area contributed by atoms with Crippen LogP contribution in [0.4, 0.5) is 5.69 Å². The standard InChI is InChI=1S/C16H20N2O5/c1-16(2,3)15(20)18-11-9-13(22-5)12(21-4)8-10(11)14(19)23-7-6-17/h8-9H,7H2,1-5H3,(H,18,20). The highest BCUT2D eigenvalue weighted by atomic mass is 16.5. The lowest BCUT2D eigenvalue weighted by Gasteiger charge is -2.20. The zero-order valence-electron chi connectivity index (χ0n) is 13.9. The molecule has 1 rings (SSSR count). The number of methoxy groups -OCH3 is 2. The first kappa shape index (κ1) is 18.3. The number of nitrogens with zero attached hydrogens (tertiary/aromatic N) is 1.